The number of phenolic OH excluding ortho intramolecular Hbond substituents is 2. The second kappa shape index (κ2) is 6.12. The van der Waals surface area contributed by atoms with Gasteiger partial charge < -0.3 is 24.4 Å². The lowest BCUT2D eigenvalue weighted by molar-refractivity contribution is -0.141. The Bertz CT molecular complexity index is 875. The first-order valence-corrected chi connectivity index (χ1v) is 8.46. The zero-order chi connectivity index (χ0) is 18.4. The van der Waals surface area contributed by atoms with Gasteiger partial charge >= 0.3 is 5.97 Å². The van der Waals surface area contributed by atoms with Crippen molar-refractivity contribution in [3.05, 3.63) is 47.0 Å². The number of methoxy groups -OCH3 is 2. The number of benzene rings is 2. The molecule has 1 aliphatic carbocycles. The van der Waals surface area contributed by atoms with Gasteiger partial charge in [0.1, 0.15) is 0 Å². The van der Waals surface area contributed by atoms with Crippen LogP contribution in [0, 0.1) is 11.8 Å². The fraction of sp³-hybridized carbons (Fsp3) is 0.350. The highest BCUT2D eigenvalue weighted by Crippen LogP contribution is 2.50. The van der Waals surface area contributed by atoms with Gasteiger partial charge in [-0.25, -0.2) is 0 Å². The summed E-state index contributed by atoms with van der Waals surface area (Å²) in [5.41, 5.74) is 2.80. The second-order valence-electron chi connectivity index (χ2n) is 6.74. The maximum atomic E-state index is 12.2. The average Bonchev–Trinajstić information content (AvgIpc) is 3.00. The number of ether oxygens (including phenoxy) is 3. The molecule has 0 bridgehead atoms. The van der Waals surface area contributed by atoms with Gasteiger partial charge in [0.05, 0.1) is 26.7 Å². The minimum atomic E-state index is -0.235. The molecule has 1 saturated heterocycles. The molecule has 6 heteroatoms. The van der Waals surface area contributed by atoms with Crippen LogP contribution >= 0.6 is 0 Å². The standard InChI is InChI=1S/C20H20O6/c1-24-17-6-10(3-4-15(17)21)19-12-8-16(22)18(25-2)7-11(12)5-13-14(19)9-26-20(13)23/h3-4,6-8,13-14,19,21-22H,5,9H2,1-2H3/t13-,14-,19-/m1/s1. The normalized spacial score (nSPS) is 23.8. The van der Waals surface area contributed by atoms with E-state index in [0.29, 0.717) is 24.5 Å². The number of phenols is 2. The molecule has 136 valence electrons. The van der Waals surface area contributed by atoms with Crippen LogP contribution in [0.3, 0.4) is 0 Å². The maximum Gasteiger partial charge on any atom is 0.309 e. The smallest absolute Gasteiger partial charge is 0.309 e. The molecule has 2 N–H and O–H groups in total. The monoisotopic (exact) mass is 356 g/mol. The van der Waals surface area contributed by atoms with Crippen molar-refractivity contribution in [3.63, 3.8) is 0 Å². The van der Waals surface area contributed by atoms with Gasteiger partial charge in [0, 0.05) is 11.8 Å². The summed E-state index contributed by atoms with van der Waals surface area (Å²) in [7, 11) is 2.99. The molecule has 26 heavy (non-hydrogen) atoms. The number of aromatic hydroxyl groups is 2. The highest BCUT2D eigenvalue weighted by molar-refractivity contribution is 5.77. The quantitative estimate of drug-likeness (QED) is 0.823. The fourth-order valence-electron chi connectivity index (χ4n) is 4.18. The molecule has 0 saturated carbocycles. The van der Waals surface area contributed by atoms with E-state index in [0.717, 1.165) is 16.7 Å². The molecule has 2 aromatic carbocycles. The molecule has 1 heterocycles. The van der Waals surface area contributed by atoms with Crippen LogP contribution in [0.5, 0.6) is 23.0 Å². The summed E-state index contributed by atoms with van der Waals surface area (Å²) in [6.07, 6.45) is 0.557. The summed E-state index contributed by atoms with van der Waals surface area (Å²) in [5.74, 6) is 0.263. The number of esters is 1. The minimum Gasteiger partial charge on any atom is -0.504 e. The Kier molecular flexibility index (Phi) is 3.90. The van der Waals surface area contributed by atoms with E-state index >= 15 is 0 Å². The highest BCUT2D eigenvalue weighted by atomic mass is 16.5. The molecule has 2 aromatic rings. The lowest BCUT2D eigenvalue weighted by Gasteiger charge is -2.34. The molecule has 0 amide bonds. The highest BCUT2D eigenvalue weighted by Gasteiger charge is 2.47. The molecule has 4 rings (SSSR count). The predicted molar refractivity (Wildman–Crippen MR) is 92.8 cm³/mol. The van der Waals surface area contributed by atoms with Gasteiger partial charge in [0.25, 0.3) is 0 Å². The minimum absolute atomic E-state index is 0.0305. The topological polar surface area (TPSA) is 85.2 Å². The SMILES string of the molecule is COc1cc([C@@H]2c3cc(O)c(OC)cc3C[C@H]3C(=O)OC[C@@H]23)ccc1O. The van der Waals surface area contributed by atoms with Crippen molar-refractivity contribution in [1.82, 2.24) is 0 Å². The van der Waals surface area contributed by atoms with Crippen LogP contribution in [0.2, 0.25) is 0 Å². The molecular weight excluding hydrogens is 336 g/mol. The van der Waals surface area contributed by atoms with E-state index in [9.17, 15) is 15.0 Å². The fourth-order valence-corrected chi connectivity index (χ4v) is 4.18. The Morgan fingerprint density at radius 2 is 1.77 bits per heavy atom. The lowest BCUT2D eigenvalue weighted by atomic mass is 9.67. The van der Waals surface area contributed by atoms with Crippen molar-refractivity contribution in [2.24, 2.45) is 11.8 Å². The van der Waals surface area contributed by atoms with Crippen LogP contribution in [0.15, 0.2) is 30.3 Å². The second-order valence-corrected chi connectivity index (χ2v) is 6.74. The van der Waals surface area contributed by atoms with E-state index in [1.165, 1.54) is 14.2 Å². The van der Waals surface area contributed by atoms with Crippen LogP contribution in [0.25, 0.3) is 0 Å². The summed E-state index contributed by atoms with van der Waals surface area (Å²) < 4.78 is 15.8. The number of rotatable bonds is 3. The third-order valence-corrected chi connectivity index (χ3v) is 5.44. The van der Waals surface area contributed by atoms with E-state index in [1.807, 2.05) is 6.07 Å². The van der Waals surface area contributed by atoms with Crippen LogP contribution in [0.4, 0.5) is 0 Å². The van der Waals surface area contributed by atoms with Gasteiger partial charge in [-0.1, -0.05) is 6.07 Å². The van der Waals surface area contributed by atoms with Gasteiger partial charge in [-0.05, 0) is 47.4 Å². The molecule has 1 fully saturated rings. The van der Waals surface area contributed by atoms with Crippen molar-refractivity contribution in [2.75, 3.05) is 20.8 Å². The van der Waals surface area contributed by atoms with Crippen LogP contribution in [0.1, 0.15) is 22.6 Å². The lowest BCUT2D eigenvalue weighted by Crippen LogP contribution is -2.31. The van der Waals surface area contributed by atoms with Crippen molar-refractivity contribution in [3.8, 4) is 23.0 Å². The predicted octanol–water partition coefficient (Wildman–Crippen LogP) is 2.59. The van der Waals surface area contributed by atoms with E-state index in [2.05, 4.69) is 0 Å². The number of cyclic esters (lactones) is 1. The van der Waals surface area contributed by atoms with Gasteiger partial charge in [-0.2, -0.15) is 0 Å². The summed E-state index contributed by atoms with van der Waals surface area (Å²) in [6.45, 7) is 0.337. The van der Waals surface area contributed by atoms with E-state index in [1.54, 1.807) is 24.3 Å². The van der Waals surface area contributed by atoms with Crippen LogP contribution in [-0.2, 0) is 16.0 Å². The first-order valence-electron chi connectivity index (χ1n) is 8.46. The van der Waals surface area contributed by atoms with Crippen molar-refractivity contribution >= 4 is 5.97 Å². The third kappa shape index (κ3) is 2.44. The number of hydrogen-bond donors (Lipinski definition) is 2. The molecule has 0 spiro atoms. The third-order valence-electron chi connectivity index (χ3n) is 5.44. The summed E-state index contributed by atoms with van der Waals surface area (Å²) in [6, 6.07) is 8.67. The van der Waals surface area contributed by atoms with E-state index < -0.39 is 0 Å². The molecule has 0 radical (unpaired) electrons. The van der Waals surface area contributed by atoms with Gasteiger partial charge in [0.15, 0.2) is 23.0 Å². The largest absolute Gasteiger partial charge is 0.504 e. The van der Waals surface area contributed by atoms with E-state index in [4.69, 9.17) is 14.2 Å². The van der Waals surface area contributed by atoms with Gasteiger partial charge in [-0.15, -0.1) is 0 Å². The van der Waals surface area contributed by atoms with Crippen molar-refractivity contribution < 1.29 is 29.2 Å². The zero-order valence-electron chi connectivity index (χ0n) is 14.6. The Hall–Kier alpha value is -2.89. The number of hydrogen-bond acceptors (Lipinski definition) is 6. The van der Waals surface area contributed by atoms with Crippen LogP contribution in [-0.4, -0.2) is 37.0 Å². The van der Waals surface area contributed by atoms with Crippen molar-refractivity contribution in [2.45, 2.75) is 12.3 Å². The molecule has 2 aliphatic rings. The van der Waals surface area contributed by atoms with Gasteiger partial charge in [-0.3, -0.25) is 4.79 Å². The Morgan fingerprint density at radius 3 is 2.50 bits per heavy atom. The molecule has 0 aromatic heterocycles. The molecule has 1 aliphatic heterocycles. The zero-order valence-corrected chi connectivity index (χ0v) is 14.6. The average molecular weight is 356 g/mol. The summed E-state index contributed by atoms with van der Waals surface area (Å²) >= 11 is 0. The molecule has 3 atom stereocenters. The summed E-state index contributed by atoms with van der Waals surface area (Å²) in [5, 5.41) is 20.2. The number of fused-ring (bicyclic) bond motifs is 2. The van der Waals surface area contributed by atoms with Gasteiger partial charge in [0.2, 0.25) is 0 Å². The molecule has 6 nitrogen and oxygen atoms in total. The Labute approximate surface area is 150 Å². The Balaban J connectivity index is 1.89. The van der Waals surface area contributed by atoms with Crippen molar-refractivity contribution in [1.29, 1.82) is 0 Å². The molecular formula is C20H20O6. The first-order chi connectivity index (χ1) is 12.5. The maximum absolute atomic E-state index is 12.2. The first kappa shape index (κ1) is 16.6. The van der Waals surface area contributed by atoms with E-state index in [-0.39, 0.29) is 35.2 Å². The number of carbonyl (C=O) groups excluding carboxylic acids is 1. The number of carbonyl (C=O) groups is 1. The van der Waals surface area contributed by atoms with Crippen LogP contribution < -0.4 is 9.47 Å². The molecule has 0 unspecified atom stereocenters. The Morgan fingerprint density at radius 1 is 1.04 bits per heavy atom. The summed E-state index contributed by atoms with van der Waals surface area (Å²) in [4.78, 5) is 12.2.